The minimum atomic E-state index is -0.954. The second-order valence-electron chi connectivity index (χ2n) is 3.39. The summed E-state index contributed by atoms with van der Waals surface area (Å²) in [5.74, 6) is 0. The van der Waals surface area contributed by atoms with Gasteiger partial charge < -0.3 is 20.8 Å². The molecule has 0 amide bonds. The normalized spacial score (nSPS) is 9.88. The number of unbranched alkanes of at least 4 members (excludes halogenated alkanes) is 3. The van der Waals surface area contributed by atoms with E-state index in [4.69, 9.17) is 15.3 Å². The van der Waals surface area contributed by atoms with Crippen molar-refractivity contribution in [1.82, 2.24) is 0 Å². The SMILES string of the molecule is CC/C=C/CCCCC.O.OCC(O)CO. The number of allylic oxidation sites excluding steroid dienone is 2. The predicted octanol–water partition coefficient (Wildman–Crippen LogP) is 1.04. The van der Waals surface area contributed by atoms with Gasteiger partial charge in [0.15, 0.2) is 0 Å². The van der Waals surface area contributed by atoms with Crippen LogP contribution in [0.25, 0.3) is 0 Å². The van der Waals surface area contributed by atoms with Crippen LogP contribution in [-0.4, -0.2) is 40.1 Å². The molecular formula is C12H28O4. The Bertz CT molecular complexity index is 122. The number of rotatable bonds is 7. The fourth-order valence-corrected chi connectivity index (χ4v) is 0.854. The fraction of sp³-hybridized carbons (Fsp3) is 0.833. The van der Waals surface area contributed by atoms with Crippen LogP contribution in [0.5, 0.6) is 0 Å². The quantitative estimate of drug-likeness (QED) is 0.455. The summed E-state index contributed by atoms with van der Waals surface area (Å²) >= 11 is 0. The minimum absolute atomic E-state index is 0. The lowest BCUT2D eigenvalue weighted by atomic mass is 10.2. The summed E-state index contributed by atoms with van der Waals surface area (Å²) in [5, 5.41) is 24.0. The summed E-state index contributed by atoms with van der Waals surface area (Å²) in [6.45, 7) is 3.69. The number of aliphatic hydroxyl groups is 3. The van der Waals surface area contributed by atoms with Gasteiger partial charge in [-0.3, -0.25) is 0 Å². The van der Waals surface area contributed by atoms with E-state index in [1.807, 2.05) is 0 Å². The Morgan fingerprint density at radius 3 is 1.88 bits per heavy atom. The van der Waals surface area contributed by atoms with Crippen LogP contribution in [0.1, 0.15) is 46.0 Å². The van der Waals surface area contributed by atoms with E-state index in [1.165, 1.54) is 32.1 Å². The van der Waals surface area contributed by atoms with Crippen LogP contribution in [0.2, 0.25) is 0 Å². The first-order valence-corrected chi connectivity index (χ1v) is 5.77. The maximum absolute atomic E-state index is 8.17. The van der Waals surface area contributed by atoms with Crippen molar-refractivity contribution in [2.24, 2.45) is 0 Å². The molecule has 0 rings (SSSR count). The average Bonchev–Trinajstić information content (AvgIpc) is 2.29. The van der Waals surface area contributed by atoms with Crippen LogP contribution < -0.4 is 0 Å². The molecule has 0 spiro atoms. The lowest BCUT2D eigenvalue weighted by Crippen LogP contribution is -2.15. The highest BCUT2D eigenvalue weighted by Gasteiger charge is 1.93. The van der Waals surface area contributed by atoms with Gasteiger partial charge in [-0.15, -0.1) is 0 Å². The van der Waals surface area contributed by atoms with E-state index in [0.717, 1.165) is 0 Å². The third-order valence-electron chi connectivity index (χ3n) is 1.80. The molecule has 0 fully saturated rings. The molecule has 0 aromatic carbocycles. The molecule has 100 valence electrons. The molecule has 0 bridgehead atoms. The second kappa shape index (κ2) is 20.1. The molecule has 0 aliphatic heterocycles. The first kappa shape index (κ1) is 20.9. The average molecular weight is 236 g/mol. The summed E-state index contributed by atoms with van der Waals surface area (Å²) in [7, 11) is 0. The van der Waals surface area contributed by atoms with Crippen LogP contribution in [0.15, 0.2) is 12.2 Å². The van der Waals surface area contributed by atoms with Crippen LogP contribution in [0.3, 0.4) is 0 Å². The fourth-order valence-electron chi connectivity index (χ4n) is 0.854. The zero-order chi connectivity index (χ0) is 11.9. The summed E-state index contributed by atoms with van der Waals surface area (Å²) < 4.78 is 0. The van der Waals surface area contributed by atoms with Crippen LogP contribution >= 0.6 is 0 Å². The van der Waals surface area contributed by atoms with Gasteiger partial charge in [-0.25, -0.2) is 0 Å². The highest BCUT2D eigenvalue weighted by molar-refractivity contribution is 4.79. The molecule has 16 heavy (non-hydrogen) atoms. The molecule has 0 aliphatic rings. The highest BCUT2D eigenvalue weighted by atomic mass is 16.3. The van der Waals surface area contributed by atoms with Crippen molar-refractivity contribution in [2.45, 2.75) is 52.1 Å². The smallest absolute Gasteiger partial charge is 0.100 e. The van der Waals surface area contributed by atoms with Gasteiger partial charge in [0.25, 0.3) is 0 Å². The molecule has 0 atom stereocenters. The van der Waals surface area contributed by atoms with Gasteiger partial charge in [0.1, 0.15) is 6.10 Å². The molecule has 0 radical (unpaired) electrons. The molecule has 0 aromatic rings. The summed E-state index contributed by atoms with van der Waals surface area (Å²) in [6, 6.07) is 0. The maximum Gasteiger partial charge on any atom is 0.100 e. The third kappa shape index (κ3) is 23.4. The molecular weight excluding hydrogens is 208 g/mol. The largest absolute Gasteiger partial charge is 0.412 e. The van der Waals surface area contributed by atoms with Gasteiger partial charge in [-0.2, -0.15) is 0 Å². The van der Waals surface area contributed by atoms with E-state index >= 15 is 0 Å². The molecule has 0 saturated carbocycles. The Morgan fingerprint density at radius 1 is 1.00 bits per heavy atom. The standard InChI is InChI=1S/C9H18.C3H8O3.H2O/c1-3-5-7-9-8-6-4-2;4-1-3(6)2-5;/h5,7H,3-4,6,8-9H2,1-2H3;3-6H,1-2H2;1H2/b7-5+;;. The summed E-state index contributed by atoms with van der Waals surface area (Å²) in [6.07, 6.45) is 10.1. The molecule has 0 aliphatic carbocycles. The zero-order valence-corrected chi connectivity index (χ0v) is 10.5. The lowest BCUT2D eigenvalue weighted by Gasteiger charge is -1.96. The monoisotopic (exact) mass is 236 g/mol. The first-order chi connectivity index (χ1) is 7.22. The Kier molecular flexibility index (Phi) is 26.2. The molecule has 5 N–H and O–H groups in total. The van der Waals surface area contributed by atoms with Gasteiger partial charge >= 0.3 is 0 Å². The number of hydrogen-bond donors (Lipinski definition) is 3. The van der Waals surface area contributed by atoms with Crippen LogP contribution in [-0.2, 0) is 0 Å². The van der Waals surface area contributed by atoms with E-state index in [0.29, 0.717) is 0 Å². The van der Waals surface area contributed by atoms with Crippen molar-refractivity contribution < 1.29 is 20.8 Å². The topological polar surface area (TPSA) is 92.2 Å². The van der Waals surface area contributed by atoms with Crippen molar-refractivity contribution in [3.8, 4) is 0 Å². The van der Waals surface area contributed by atoms with Crippen LogP contribution in [0.4, 0.5) is 0 Å². The Morgan fingerprint density at radius 2 is 1.56 bits per heavy atom. The van der Waals surface area contributed by atoms with Gasteiger partial charge in [0.05, 0.1) is 13.2 Å². The van der Waals surface area contributed by atoms with Gasteiger partial charge in [-0.05, 0) is 19.3 Å². The Hall–Kier alpha value is -0.420. The Labute approximate surface area is 98.9 Å². The van der Waals surface area contributed by atoms with Crippen molar-refractivity contribution >= 4 is 0 Å². The molecule has 4 nitrogen and oxygen atoms in total. The van der Waals surface area contributed by atoms with Crippen LogP contribution in [0, 0.1) is 0 Å². The molecule has 0 unspecified atom stereocenters. The van der Waals surface area contributed by atoms with Crippen molar-refractivity contribution in [1.29, 1.82) is 0 Å². The van der Waals surface area contributed by atoms with Crippen molar-refractivity contribution in [3.63, 3.8) is 0 Å². The van der Waals surface area contributed by atoms with E-state index in [-0.39, 0.29) is 18.7 Å². The van der Waals surface area contributed by atoms with E-state index in [1.54, 1.807) is 0 Å². The first-order valence-electron chi connectivity index (χ1n) is 5.77. The summed E-state index contributed by atoms with van der Waals surface area (Å²) in [5.41, 5.74) is 0. The number of aliphatic hydroxyl groups excluding tert-OH is 3. The van der Waals surface area contributed by atoms with Gasteiger partial charge in [0.2, 0.25) is 0 Å². The predicted molar refractivity (Wildman–Crippen MR) is 67.4 cm³/mol. The maximum atomic E-state index is 8.17. The van der Waals surface area contributed by atoms with E-state index in [2.05, 4.69) is 26.0 Å². The second-order valence-corrected chi connectivity index (χ2v) is 3.39. The molecule has 0 saturated heterocycles. The molecule has 0 aromatic heterocycles. The van der Waals surface area contributed by atoms with Gasteiger partial charge in [-0.1, -0.05) is 38.8 Å². The van der Waals surface area contributed by atoms with E-state index in [9.17, 15) is 0 Å². The number of hydrogen-bond acceptors (Lipinski definition) is 3. The zero-order valence-electron chi connectivity index (χ0n) is 10.5. The minimum Gasteiger partial charge on any atom is -0.412 e. The molecule has 0 heterocycles. The van der Waals surface area contributed by atoms with Gasteiger partial charge in [0, 0.05) is 0 Å². The van der Waals surface area contributed by atoms with E-state index < -0.39 is 6.10 Å². The lowest BCUT2D eigenvalue weighted by molar-refractivity contribution is 0.0450. The highest BCUT2D eigenvalue weighted by Crippen LogP contribution is 1.99. The van der Waals surface area contributed by atoms with Crippen molar-refractivity contribution in [2.75, 3.05) is 13.2 Å². The Balaban J connectivity index is -0.000000214. The molecule has 4 heteroatoms. The third-order valence-corrected chi connectivity index (χ3v) is 1.80. The summed E-state index contributed by atoms with van der Waals surface area (Å²) in [4.78, 5) is 0. The van der Waals surface area contributed by atoms with Crippen molar-refractivity contribution in [3.05, 3.63) is 12.2 Å².